The van der Waals surface area contributed by atoms with Gasteiger partial charge >= 0.3 is 12.1 Å². The lowest BCUT2D eigenvalue weighted by Crippen LogP contribution is -2.37. The monoisotopic (exact) mass is 399 g/mol. The van der Waals surface area contributed by atoms with Crippen molar-refractivity contribution in [2.24, 2.45) is 7.05 Å². The molecule has 0 spiro atoms. The van der Waals surface area contributed by atoms with Crippen LogP contribution in [0.15, 0.2) is 29.3 Å². The number of carbonyl (C=O) groups is 2. The Kier molecular flexibility index (Phi) is 6.06. The van der Waals surface area contributed by atoms with E-state index in [1.165, 1.54) is 7.11 Å². The first-order valence-corrected chi connectivity index (χ1v) is 7.91. The Labute approximate surface area is 155 Å². The lowest BCUT2D eigenvalue weighted by atomic mass is 10.1. The molecule has 0 aliphatic heterocycles. The molecule has 0 saturated heterocycles. The molecule has 8 nitrogen and oxygen atoms in total. The summed E-state index contributed by atoms with van der Waals surface area (Å²) in [5, 5.41) is 13.7. The molecule has 0 unspecified atom stereocenters. The number of nitrogens with one attached hydrogen (secondary N) is 2. The number of ether oxygens (including phenoxy) is 1. The van der Waals surface area contributed by atoms with E-state index < -0.39 is 12.1 Å². The van der Waals surface area contributed by atoms with E-state index in [1.807, 2.05) is 36.1 Å². The van der Waals surface area contributed by atoms with Gasteiger partial charge in [-0.2, -0.15) is 13.2 Å². The summed E-state index contributed by atoms with van der Waals surface area (Å²) in [5.41, 5.74) is 1.94. The summed E-state index contributed by atoms with van der Waals surface area (Å²) in [6.45, 7) is 0.361. The van der Waals surface area contributed by atoms with Crippen molar-refractivity contribution < 1.29 is 37.6 Å². The van der Waals surface area contributed by atoms with Gasteiger partial charge in [0.2, 0.25) is 0 Å². The molecule has 0 aliphatic rings. The molecule has 0 radical (unpaired) electrons. The number of aliphatic carboxylic acids is 1. The zero-order valence-corrected chi connectivity index (χ0v) is 14.8. The predicted octanol–water partition coefficient (Wildman–Crippen LogP) is 0.217. The van der Waals surface area contributed by atoms with E-state index in [0.29, 0.717) is 17.7 Å². The van der Waals surface area contributed by atoms with Crippen LogP contribution < -0.4 is 20.8 Å². The molecule has 0 bridgehead atoms. The minimum Gasteiger partial charge on any atom is -0.542 e. The van der Waals surface area contributed by atoms with Crippen molar-refractivity contribution in [3.05, 3.63) is 34.7 Å². The molecule has 2 heterocycles. The van der Waals surface area contributed by atoms with E-state index in [0.717, 1.165) is 16.3 Å². The number of hydrogen-bond donors (Lipinski definition) is 1. The van der Waals surface area contributed by atoms with Crippen LogP contribution in [0.25, 0.3) is 21.8 Å². The Hall–Kier alpha value is -3.37. The van der Waals surface area contributed by atoms with Crippen LogP contribution in [-0.2, 0) is 21.4 Å². The Morgan fingerprint density at radius 1 is 1.36 bits per heavy atom. The molecule has 0 atom stereocenters. The van der Waals surface area contributed by atoms with Crippen molar-refractivity contribution in [3.63, 3.8) is 0 Å². The summed E-state index contributed by atoms with van der Waals surface area (Å²) in [4.78, 5) is 35.4. The topological polar surface area (TPSA) is 115 Å². The number of halogens is 3. The van der Waals surface area contributed by atoms with Crippen LogP contribution in [-0.4, -0.2) is 36.3 Å². The smallest absolute Gasteiger partial charge is 0.430 e. The van der Waals surface area contributed by atoms with Crippen molar-refractivity contribution >= 4 is 39.4 Å². The summed E-state index contributed by atoms with van der Waals surface area (Å²) in [6.07, 6.45) is -1.19. The van der Waals surface area contributed by atoms with Crippen molar-refractivity contribution in [2.45, 2.75) is 12.6 Å². The number of carboxylic acid groups (broad SMARTS) is 1. The van der Waals surface area contributed by atoms with Crippen LogP contribution in [0.1, 0.15) is 6.42 Å². The van der Waals surface area contributed by atoms with Gasteiger partial charge < -0.3 is 24.5 Å². The molecular weight excluding hydrogens is 383 g/mol. The molecule has 3 rings (SSSR count). The number of pyridine rings is 1. The summed E-state index contributed by atoms with van der Waals surface area (Å²) in [6, 6.07) is 3.79. The number of H-pyrrole nitrogens is 1. The van der Waals surface area contributed by atoms with Gasteiger partial charge in [0, 0.05) is 19.8 Å². The Morgan fingerprint density at radius 2 is 2.00 bits per heavy atom. The quantitative estimate of drug-likeness (QED) is 0.628. The van der Waals surface area contributed by atoms with Gasteiger partial charge in [-0.3, -0.25) is 9.59 Å². The van der Waals surface area contributed by atoms with Gasteiger partial charge in [0.25, 0.3) is 10.9 Å². The van der Waals surface area contributed by atoms with Crippen LogP contribution in [0, 0.1) is 0 Å². The summed E-state index contributed by atoms with van der Waals surface area (Å²) in [5.74, 6) is -3.31. The van der Waals surface area contributed by atoms with Crippen molar-refractivity contribution in [3.8, 4) is 0 Å². The zero-order valence-electron chi connectivity index (χ0n) is 14.8. The lowest BCUT2D eigenvalue weighted by molar-refractivity contribution is -0.344. The first kappa shape index (κ1) is 20.9. The second-order valence-corrected chi connectivity index (χ2v) is 5.73. The number of esters is 1. The first-order chi connectivity index (χ1) is 13.1. The molecular formula is C17H16F3N3O5. The number of benzene rings is 1. The van der Waals surface area contributed by atoms with Crippen molar-refractivity contribution in [1.82, 2.24) is 4.57 Å². The average molecular weight is 399 g/mol. The maximum absolute atomic E-state index is 12.4. The second-order valence-electron chi connectivity index (χ2n) is 5.73. The largest absolute Gasteiger partial charge is 0.542 e. The van der Waals surface area contributed by atoms with Gasteiger partial charge in [0.15, 0.2) is 6.20 Å². The Balaban J connectivity index is 0.000000345. The van der Waals surface area contributed by atoms with E-state index in [9.17, 15) is 22.8 Å². The van der Waals surface area contributed by atoms with E-state index >= 15 is 0 Å². The fourth-order valence-electron chi connectivity index (χ4n) is 2.52. The predicted molar refractivity (Wildman–Crippen MR) is 90.6 cm³/mol. The number of alkyl halides is 3. The number of carbonyl (C=O) groups excluding carboxylic acids is 2. The minimum atomic E-state index is -5.19. The number of aromatic nitrogens is 2. The van der Waals surface area contributed by atoms with Crippen LogP contribution in [0.2, 0.25) is 0 Å². The third kappa shape index (κ3) is 4.48. The number of aryl methyl sites for hydroxylation is 1. The molecule has 0 aliphatic carbocycles. The molecule has 2 aromatic heterocycles. The minimum absolute atomic E-state index is 0.0893. The highest BCUT2D eigenvalue weighted by Gasteiger charge is 2.28. The maximum atomic E-state index is 12.4. The first-order valence-electron chi connectivity index (χ1n) is 7.91. The van der Waals surface area contributed by atoms with Crippen LogP contribution in [0.5, 0.6) is 0 Å². The zero-order chi connectivity index (χ0) is 21.1. The average Bonchev–Trinajstić information content (AvgIpc) is 3.06. The fourth-order valence-corrected chi connectivity index (χ4v) is 2.52. The number of aromatic amines is 1. The highest BCUT2D eigenvalue weighted by molar-refractivity contribution is 6.07. The standard InChI is InChI=1S/C15H15N3O3.C2HF3O2/c1-18-6-4-9-8-17-14-13(9)11(18)7-10(15(14)20)16-5-3-12(19)21-2;3-2(4,5)1(6)7/h4,6-8,16H,3,5H2,1-2H3;(H,6,7). The number of nitrogens with zero attached hydrogens (tertiary/aromatic N) is 1. The van der Waals surface area contributed by atoms with Gasteiger partial charge in [0.05, 0.1) is 35.5 Å². The number of methoxy groups -OCH3 is 1. The third-order valence-corrected chi connectivity index (χ3v) is 3.88. The summed E-state index contributed by atoms with van der Waals surface area (Å²) in [7, 11) is 3.28. The van der Waals surface area contributed by atoms with Crippen LogP contribution in [0.3, 0.4) is 0 Å². The number of hydrogen-bond acceptors (Lipinski definition) is 6. The molecule has 150 valence electrons. The molecule has 3 aromatic rings. The number of rotatable bonds is 4. The molecule has 11 heteroatoms. The van der Waals surface area contributed by atoms with Gasteiger partial charge in [0.1, 0.15) is 5.97 Å². The highest BCUT2D eigenvalue weighted by Crippen LogP contribution is 2.24. The maximum Gasteiger partial charge on any atom is 0.430 e. The number of carboxylic acids is 1. The Bertz CT molecular complexity index is 1060. The van der Waals surface area contributed by atoms with Crippen molar-refractivity contribution in [1.29, 1.82) is 0 Å². The molecule has 0 saturated carbocycles. The van der Waals surface area contributed by atoms with E-state index in [-0.39, 0.29) is 17.8 Å². The van der Waals surface area contributed by atoms with Gasteiger partial charge in [-0.05, 0) is 12.1 Å². The normalized spacial score (nSPS) is 11.2. The Morgan fingerprint density at radius 3 is 2.57 bits per heavy atom. The van der Waals surface area contributed by atoms with Gasteiger partial charge in [-0.1, -0.05) is 0 Å². The van der Waals surface area contributed by atoms with E-state index in [4.69, 9.17) is 9.90 Å². The van der Waals surface area contributed by atoms with Crippen LogP contribution in [0.4, 0.5) is 18.9 Å². The highest BCUT2D eigenvalue weighted by atomic mass is 19.4. The SMILES string of the molecule is COC(=O)CCNc1cc2c3c(ccn2C)c[nH+]c3c1=O.O=C([O-])C(F)(F)F. The third-order valence-electron chi connectivity index (χ3n) is 3.88. The molecule has 28 heavy (non-hydrogen) atoms. The fraction of sp³-hybridized carbons (Fsp3) is 0.294. The molecule has 1 aromatic carbocycles. The van der Waals surface area contributed by atoms with Crippen LogP contribution >= 0.6 is 0 Å². The van der Waals surface area contributed by atoms with Gasteiger partial charge in [-0.25, -0.2) is 4.98 Å². The molecule has 2 N–H and O–H groups in total. The summed E-state index contributed by atoms with van der Waals surface area (Å²) >= 11 is 0. The molecule has 0 fully saturated rings. The lowest BCUT2D eigenvalue weighted by Gasteiger charge is -2.08. The van der Waals surface area contributed by atoms with E-state index in [2.05, 4.69) is 15.0 Å². The van der Waals surface area contributed by atoms with Crippen molar-refractivity contribution in [2.75, 3.05) is 19.0 Å². The number of anilines is 1. The molecule has 0 amide bonds. The van der Waals surface area contributed by atoms with Gasteiger partial charge in [-0.15, -0.1) is 0 Å². The van der Waals surface area contributed by atoms with E-state index in [1.54, 1.807) is 0 Å². The second kappa shape index (κ2) is 8.11. The summed E-state index contributed by atoms with van der Waals surface area (Å²) < 4.78 is 38.1.